The molecule has 1 heterocycles. The van der Waals surface area contributed by atoms with Gasteiger partial charge in [-0.15, -0.1) is 0 Å². The molecule has 2 N–H and O–H groups in total. The molecule has 0 atom stereocenters. The van der Waals surface area contributed by atoms with Gasteiger partial charge in [0.1, 0.15) is 0 Å². The summed E-state index contributed by atoms with van der Waals surface area (Å²) in [5.74, 6) is 0.174. The van der Waals surface area contributed by atoms with E-state index in [0.717, 1.165) is 12.8 Å². The van der Waals surface area contributed by atoms with E-state index in [1.807, 2.05) is 18.2 Å². The molecule has 1 aliphatic carbocycles. The van der Waals surface area contributed by atoms with Gasteiger partial charge in [0.2, 0.25) is 5.91 Å². The first kappa shape index (κ1) is 17.9. The van der Waals surface area contributed by atoms with Crippen molar-refractivity contribution in [3.8, 4) is 0 Å². The smallest absolute Gasteiger partial charge is 0.252 e. The zero-order chi connectivity index (χ0) is 18.5. The third-order valence-corrected chi connectivity index (χ3v) is 4.72. The van der Waals surface area contributed by atoms with Gasteiger partial charge in [-0.25, -0.2) is 0 Å². The van der Waals surface area contributed by atoms with Crippen molar-refractivity contribution >= 4 is 11.8 Å². The minimum Gasteiger partial charge on any atom is -0.355 e. The van der Waals surface area contributed by atoms with Gasteiger partial charge in [-0.1, -0.05) is 30.3 Å². The molecule has 1 fully saturated rings. The lowest BCUT2D eigenvalue weighted by Gasteiger charge is -2.36. The summed E-state index contributed by atoms with van der Waals surface area (Å²) in [6.07, 6.45) is 3.41. The standard InChI is InChI=1S/C20H23N3O3/c1-14(24)21-9-10-23-13-16(7-8-19(23)25)20(26)22-18-11-17(12-18)15-5-3-2-4-6-15/h2-8,13,17-18H,9-12H2,1H3,(H,21,24)(H,22,26). The van der Waals surface area contributed by atoms with Crippen LogP contribution in [0.2, 0.25) is 0 Å². The molecule has 1 saturated carbocycles. The Morgan fingerprint density at radius 1 is 1.12 bits per heavy atom. The van der Waals surface area contributed by atoms with Gasteiger partial charge in [-0.05, 0) is 30.4 Å². The fraction of sp³-hybridized carbons (Fsp3) is 0.350. The van der Waals surface area contributed by atoms with Gasteiger partial charge in [0.15, 0.2) is 0 Å². The summed E-state index contributed by atoms with van der Waals surface area (Å²) in [7, 11) is 0. The summed E-state index contributed by atoms with van der Waals surface area (Å²) in [6, 6.07) is 13.4. The lowest BCUT2D eigenvalue weighted by molar-refractivity contribution is -0.118. The Kier molecular flexibility index (Phi) is 5.51. The maximum atomic E-state index is 12.4. The summed E-state index contributed by atoms with van der Waals surface area (Å²) in [6.45, 7) is 2.11. The fourth-order valence-corrected chi connectivity index (χ4v) is 3.19. The molecule has 1 aliphatic rings. The van der Waals surface area contributed by atoms with Crippen LogP contribution in [0, 0.1) is 0 Å². The summed E-state index contributed by atoms with van der Waals surface area (Å²) in [5, 5.41) is 5.67. The number of nitrogens with one attached hydrogen (secondary N) is 2. The maximum absolute atomic E-state index is 12.4. The average Bonchev–Trinajstić information content (AvgIpc) is 2.59. The minimum atomic E-state index is -0.195. The summed E-state index contributed by atoms with van der Waals surface area (Å²) < 4.78 is 1.44. The van der Waals surface area contributed by atoms with Crippen LogP contribution in [0.15, 0.2) is 53.5 Å². The highest BCUT2D eigenvalue weighted by molar-refractivity contribution is 5.94. The largest absolute Gasteiger partial charge is 0.355 e. The number of aromatic nitrogens is 1. The lowest BCUT2D eigenvalue weighted by Crippen LogP contribution is -2.43. The van der Waals surface area contributed by atoms with Crippen molar-refractivity contribution in [1.29, 1.82) is 0 Å². The van der Waals surface area contributed by atoms with Crippen LogP contribution in [0.25, 0.3) is 0 Å². The van der Waals surface area contributed by atoms with Crippen molar-refractivity contribution in [3.63, 3.8) is 0 Å². The Hall–Kier alpha value is -2.89. The van der Waals surface area contributed by atoms with E-state index in [1.54, 1.807) is 12.3 Å². The predicted octanol–water partition coefficient (Wildman–Crippen LogP) is 1.66. The molecule has 6 heteroatoms. The van der Waals surface area contributed by atoms with Gasteiger partial charge in [-0.2, -0.15) is 0 Å². The molecule has 1 aromatic carbocycles. The summed E-state index contributed by atoms with van der Waals surface area (Å²) in [5.41, 5.74) is 1.57. The molecule has 6 nitrogen and oxygen atoms in total. The Balaban J connectivity index is 1.55. The first-order chi connectivity index (χ1) is 12.5. The fourth-order valence-electron chi connectivity index (χ4n) is 3.19. The minimum absolute atomic E-state index is 0.148. The Morgan fingerprint density at radius 3 is 2.54 bits per heavy atom. The van der Waals surface area contributed by atoms with Crippen LogP contribution in [-0.2, 0) is 11.3 Å². The number of benzene rings is 1. The number of nitrogens with zero attached hydrogens (tertiary/aromatic N) is 1. The molecule has 0 spiro atoms. The highest BCUT2D eigenvalue weighted by Crippen LogP contribution is 2.36. The molecule has 0 aliphatic heterocycles. The third-order valence-electron chi connectivity index (χ3n) is 4.72. The SMILES string of the molecule is CC(=O)NCCn1cc(C(=O)NC2CC(c3ccccc3)C2)ccc1=O. The molecule has 26 heavy (non-hydrogen) atoms. The number of amides is 2. The monoisotopic (exact) mass is 353 g/mol. The van der Waals surface area contributed by atoms with Gasteiger partial charge in [0, 0.05) is 38.3 Å². The van der Waals surface area contributed by atoms with Crippen LogP contribution in [0.3, 0.4) is 0 Å². The summed E-state index contributed by atoms with van der Waals surface area (Å²) in [4.78, 5) is 35.2. The zero-order valence-corrected chi connectivity index (χ0v) is 14.8. The number of carbonyl (C=O) groups is 2. The molecule has 0 radical (unpaired) electrons. The first-order valence-electron chi connectivity index (χ1n) is 8.83. The normalized spacial score (nSPS) is 18.7. The van der Waals surface area contributed by atoms with Gasteiger partial charge >= 0.3 is 0 Å². The Labute approximate surface area is 152 Å². The molecule has 3 rings (SSSR count). The van der Waals surface area contributed by atoms with E-state index in [4.69, 9.17) is 0 Å². The number of carbonyl (C=O) groups excluding carboxylic acids is 2. The Bertz CT molecular complexity index is 839. The topological polar surface area (TPSA) is 80.2 Å². The number of pyridine rings is 1. The van der Waals surface area contributed by atoms with Crippen molar-refractivity contribution < 1.29 is 9.59 Å². The van der Waals surface area contributed by atoms with Crippen LogP contribution in [0.1, 0.15) is 41.6 Å². The van der Waals surface area contributed by atoms with Gasteiger partial charge < -0.3 is 15.2 Å². The van der Waals surface area contributed by atoms with E-state index in [2.05, 4.69) is 22.8 Å². The number of hydrogen-bond acceptors (Lipinski definition) is 3. The van der Waals surface area contributed by atoms with Crippen LogP contribution < -0.4 is 16.2 Å². The molecule has 136 valence electrons. The van der Waals surface area contributed by atoms with Gasteiger partial charge in [0.25, 0.3) is 11.5 Å². The van der Waals surface area contributed by atoms with Crippen LogP contribution in [-0.4, -0.2) is 29.0 Å². The number of hydrogen-bond donors (Lipinski definition) is 2. The lowest BCUT2D eigenvalue weighted by atomic mass is 9.76. The molecule has 0 bridgehead atoms. The van der Waals surface area contributed by atoms with Crippen LogP contribution in [0.4, 0.5) is 0 Å². The van der Waals surface area contributed by atoms with Crippen molar-refractivity contribution in [3.05, 3.63) is 70.1 Å². The highest BCUT2D eigenvalue weighted by atomic mass is 16.2. The Morgan fingerprint density at radius 2 is 1.85 bits per heavy atom. The van der Waals surface area contributed by atoms with E-state index < -0.39 is 0 Å². The van der Waals surface area contributed by atoms with Crippen molar-refractivity contribution in [1.82, 2.24) is 15.2 Å². The number of rotatable bonds is 6. The molecule has 0 saturated heterocycles. The third kappa shape index (κ3) is 4.39. The predicted molar refractivity (Wildman–Crippen MR) is 99.1 cm³/mol. The maximum Gasteiger partial charge on any atom is 0.252 e. The van der Waals surface area contributed by atoms with E-state index in [-0.39, 0.29) is 23.4 Å². The van der Waals surface area contributed by atoms with Gasteiger partial charge in [0.05, 0.1) is 5.56 Å². The van der Waals surface area contributed by atoms with Crippen molar-refractivity contribution in [2.45, 2.75) is 38.3 Å². The second kappa shape index (κ2) is 7.99. The molecule has 2 aromatic rings. The van der Waals surface area contributed by atoms with E-state index >= 15 is 0 Å². The van der Waals surface area contributed by atoms with E-state index in [1.165, 1.54) is 23.1 Å². The molecular formula is C20H23N3O3. The zero-order valence-electron chi connectivity index (χ0n) is 14.8. The van der Waals surface area contributed by atoms with Crippen molar-refractivity contribution in [2.24, 2.45) is 0 Å². The first-order valence-corrected chi connectivity index (χ1v) is 8.83. The molecule has 0 unspecified atom stereocenters. The molecular weight excluding hydrogens is 330 g/mol. The second-order valence-corrected chi connectivity index (χ2v) is 6.68. The van der Waals surface area contributed by atoms with E-state index in [0.29, 0.717) is 24.6 Å². The van der Waals surface area contributed by atoms with Crippen molar-refractivity contribution in [2.75, 3.05) is 6.54 Å². The highest BCUT2D eigenvalue weighted by Gasteiger charge is 2.31. The molecule has 1 aromatic heterocycles. The second-order valence-electron chi connectivity index (χ2n) is 6.68. The average molecular weight is 353 g/mol. The van der Waals surface area contributed by atoms with Crippen LogP contribution >= 0.6 is 0 Å². The summed E-state index contributed by atoms with van der Waals surface area (Å²) >= 11 is 0. The van der Waals surface area contributed by atoms with Gasteiger partial charge in [-0.3, -0.25) is 14.4 Å². The molecule has 2 amide bonds. The quantitative estimate of drug-likeness (QED) is 0.829. The van der Waals surface area contributed by atoms with E-state index in [9.17, 15) is 14.4 Å². The van der Waals surface area contributed by atoms with Crippen LogP contribution in [0.5, 0.6) is 0 Å².